The first kappa shape index (κ1) is 20.1. The third kappa shape index (κ3) is 4.54. The summed E-state index contributed by atoms with van der Waals surface area (Å²) < 4.78 is 10.5. The Balaban J connectivity index is 1.40. The fraction of sp³-hybridized carbons (Fsp3) is 0.565. The summed E-state index contributed by atoms with van der Waals surface area (Å²) in [6, 6.07) is 9.41. The largest absolute Gasteiger partial charge is 0.448 e. The van der Waals surface area contributed by atoms with Gasteiger partial charge >= 0.3 is 0 Å². The smallest absolute Gasteiger partial charge is 0.276 e. The van der Waals surface area contributed by atoms with Gasteiger partial charge in [0.05, 0.1) is 6.61 Å². The first-order chi connectivity index (χ1) is 14.2. The van der Waals surface area contributed by atoms with Crippen molar-refractivity contribution in [2.24, 2.45) is 5.92 Å². The summed E-state index contributed by atoms with van der Waals surface area (Å²) in [5.74, 6) is 0.991. The zero-order valence-electron chi connectivity index (χ0n) is 17.5. The van der Waals surface area contributed by atoms with Crippen LogP contribution in [0.4, 0.5) is 0 Å². The molecule has 0 N–H and O–H groups in total. The predicted octanol–water partition coefficient (Wildman–Crippen LogP) is 2.95. The molecule has 1 fully saturated rings. The van der Waals surface area contributed by atoms with Gasteiger partial charge in [0.2, 0.25) is 0 Å². The van der Waals surface area contributed by atoms with Crippen LogP contribution in [0.1, 0.15) is 40.2 Å². The molecule has 29 heavy (non-hydrogen) atoms. The first-order valence-electron chi connectivity index (χ1n) is 10.6. The number of fused-ring (bicyclic) bond motifs is 1. The maximum atomic E-state index is 13.0. The van der Waals surface area contributed by atoms with E-state index in [0.29, 0.717) is 36.6 Å². The molecule has 2 aromatic rings. The van der Waals surface area contributed by atoms with Gasteiger partial charge in [-0.15, -0.1) is 0 Å². The van der Waals surface area contributed by atoms with Crippen molar-refractivity contribution in [3.63, 3.8) is 0 Å². The van der Waals surface area contributed by atoms with Crippen molar-refractivity contribution in [3.05, 3.63) is 53.2 Å². The average Bonchev–Trinajstić information content (AvgIpc) is 3.37. The molecular weight excluding hydrogens is 366 g/mol. The SMILES string of the molecule is COCCN(CC1CCCN(C2Cc3ccccc3C2)C1)C(=O)c1ncoc1C. The molecule has 156 valence electrons. The summed E-state index contributed by atoms with van der Waals surface area (Å²) in [5.41, 5.74) is 3.41. The molecule has 6 heteroatoms. The molecule has 1 aromatic heterocycles. The third-order valence-electron chi connectivity index (χ3n) is 6.37. The monoisotopic (exact) mass is 397 g/mol. The minimum atomic E-state index is -0.0568. The number of amides is 1. The van der Waals surface area contributed by atoms with Gasteiger partial charge in [0.15, 0.2) is 12.1 Å². The van der Waals surface area contributed by atoms with Crippen LogP contribution in [-0.2, 0) is 17.6 Å². The highest BCUT2D eigenvalue weighted by Crippen LogP contribution is 2.29. The lowest BCUT2D eigenvalue weighted by atomic mass is 9.95. The highest BCUT2D eigenvalue weighted by molar-refractivity contribution is 5.93. The van der Waals surface area contributed by atoms with Crippen molar-refractivity contribution >= 4 is 5.91 Å². The zero-order valence-corrected chi connectivity index (χ0v) is 17.5. The Morgan fingerprint density at radius 3 is 2.72 bits per heavy atom. The first-order valence-corrected chi connectivity index (χ1v) is 10.6. The number of piperidine rings is 1. The van der Waals surface area contributed by atoms with Crippen LogP contribution in [0.3, 0.4) is 0 Å². The lowest BCUT2D eigenvalue weighted by Gasteiger charge is -2.38. The van der Waals surface area contributed by atoms with Gasteiger partial charge in [-0.25, -0.2) is 4.98 Å². The summed E-state index contributed by atoms with van der Waals surface area (Å²) in [5, 5.41) is 0. The van der Waals surface area contributed by atoms with Gasteiger partial charge in [-0.1, -0.05) is 24.3 Å². The second-order valence-corrected chi connectivity index (χ2v) is 8.34. The number of hydrogen-bond acceptors (Lipinski definition) is 5. The van der Waals surface area contributed by atoms with Gasteiger partial charge in [0.25, 0.3) is 5.91 Å². The Kier molecular flexibility index (Phi) is 6.31. The minimum Gasteiger partial charge on any atom is -0.448 e. The van der Waals surface area contributed by atoms with E-state index >= 15 is 0 Å². The summed E-state index contributed by atoms with van der Waals surface area (Å²) in [6.45, 7) is 5.83. The molecular formula is C23H31N3O3. The molecule has 6 nitrogen and oxygen atoms in total. The van der Waals surface area contributed by atoms with E-state index in [9.17, 15) is 4.79 Å². The van der Waals surface area contributed by atoms with Crippen molar-refractivity contribution in [1.29, 1.82) is 0 Å². The van der Waals surface area contributed by atoms with Crippen molar-refractivity contribution in [2.75, 3.05) is 39.9 Å². The number of rotatable bonds is 7. The maximum Gasteiger partial charge on any atom is 0.276 e. The van der Waals surface area contributed by atoms with E-state index < -0.39 is 0 Å². The van der Waals surface area contributed by atoms with E-state index in [1.807, 2.05) is 4.90 Å². The van der Waals surface area contributed by atoms with Crippen LogP contribution in [0.2, 0.25) is 0 Å². The van der Waals surface area contributed by atoms with E-state index in [-0.39, 0.29) is 5.91 Å². The van der Waals surface area contributed by atoms with Crippen LogP contribution >= 0.6 is 0 Å². The van der Waals surface area contributed by atoms with Gasteiger partial charge in [-0.2, -0.15) is 0 Å². The Hall–Kier alpha value is -2.18. The van der Waals surface area contributed by atoms with Crippen LogP contribution < -0.4 is 0 Å². The van der Waals surface area contributed by atoms with Gasteiger partial charge in [0.1, 0.15) is 5.76 Å². The molecule has 1 aliphatic carbocycles. The molecule has 4 rings (SSSR count). The maximum absolute atomic E-state index is 13.0. The molecule has 0 saturated carbocycles. The molecule has 2 aliphatic rings. The third-order valence-corrected chi connectivity index (χ3v) is 6.37. The van der Waals surface area contributed by atoms with E-state index in [2.05, 4.69) is 34.1 Å². The van der Waals surface area contributed by atoms with Crippen LogP contribution in [0.15, 0.2) is 35.1 Å². The second-order valence-electron chi connectivity index (χ2n) is 8.34. The van der Waals surface area contributed by atoms with Crippen molar-refractivity contribution < 1.29 is 13.9 Å². The summed E-state index contributed by atoms with van der Waals surface area (Å²) in [4.78, 5) is 21.7. The second kappa shape index (κ2) is 9.09. The predicted molar refractivity (Wildman–Crippen MR) is 111 cm³/mol. The number of aryl methyl sites for hydroxylation is 1. The Labute approximate surface area is 172 Å². The van der Waals surface area contributed by atoms with Gasteiger partial charge in [-0.05, 0) is 56.2 Å². The highest BCUT2D eigenvalue weighted by Gasteiger charge is 2.32. The lowest BCUT2D eigenvalue weighted by Crippen LogP contribution is -2.47. The Morgan fingerprint density at radius 1 is 1.31 bits per heavy atom. The fourth-order valence-corrected chi connectivity index (χ4v) is 4.82. The molecule has 1 aliphatic heterocycles. The number of carbonyl (C=O) groups excluding carboxylic acids is 1. The van der Waals surface area contributed by atoms with E-state index in [1.165, 1.54) is 23.9 Å². The topological polar surface area (TPSA) is 58.8 Å². The van der Waals surface area contributed by atoms with Crippen LogP contribution in [-0.4, -0.2) is 66.6 Å². The molecule has 1 amide bonds. The van der Waals surface area contributed by atoms with Crippen LogP contribution in [0, 0.1) is 12.8 Å². The van der Waals surface area contributed by atoms with Gasteiger partial charge in [0, 0.05) is 32.8 Å². The fourth-order valence-electron chi connectivity index (χ4n) is 4.82. The number of likely N-dealkylation sites (tertiary alicyclic amines) is 1. The van der Waals surface area contributed by atoms with E-state index in [1.54, 1.807) is 14.0 Å². The standard InChI is InChI=1S/C23H31N3O3/c1-17-22(24-16-29-17)23(27)26(10-11-28-2)15-18-6-5-9-25(14-18)21-12-19-7-3-4-8-20(19)13-21/h3-4,7-8,16,18,21H,5-6,9-15H2,1-2H3. The molecule has 1 saturated heterocycles. The molecule has 0 bridgehead atoms. The van der Waals surface area contributed by atoms with Crippen molar-refractivity contribution in [3.8, 4) is 0 Å². The number of carbonyl (C=O) groups is 1. The normalized spacial score (nSPS) is 20.0. The molecule has 0 spiro atoms. The molecule has 1 atom stereocenters. The van der Waals surface area contributed by atoms with E-state index in [4.69, 9.17) is 9.15 Å². The van der Waals surface area contributed by atoms with Gasteiger partial charge in [-0.3, -0.25) is 9.69 Å². The van der Waals surface area contributed by atoms with Gasteiger partial charge < -0.3 is 14.1 Å². The number of oxazole rings is 1. The molecule has 1 unspecified atom stereocenters. The quantitative estimate of drug-likeness (QED) is 0.719. The van der Waals surface area contributed by atoms with Crippen molar-refractivity contribution in [2.45, 2.75) is 38.6 Å². The minimum absolute atomic E-state index is 0.0568. The number of aromatic nitrogens is 1. The Morgan fingerprint density at radius 2 is 2.07 bits per heavy atom. The van der Waals surface area contributed by atoms with Crippen molar-refractivity contribution in [1.82, 2.24) is 14.8 Å². The summed E-state index contributed by atoms with van der Waals surface area (Å²) >= 11 is 0. The molecule has 0 radical (unpaired) electrons. The lowest BCUT2D eigenvalue weighted by molar-refractivity contribution is 0.0567. The van der Waals surface area contributed by atoms with Crippen LogP contribution in [0.5, 0.6) is 0 Å². The average molecular weight is 398 g/mol. The van der Waals surface area contributed by atoms with Crippen LogP contribution in [0.25, 0.3) is 0 Å². The number of nitrogens with zero attached hydrogens (tertiary/aromatic N) is 3. The molecule has 2 heterocycles. The number of ether oxygens (including phenoxy) is 1. The summed E-state index contributed by atoms with van der Waals surface area (Å²) in [7, 11) is 1.67. The van der Waals surface area contributed by atoms with E-state index in [0.717, 1.165) is 38.9 Å². The Bertz CT molecular complexity index is 809. The number of methoxy groups -OCH3 is 1. The number of hydrogen-bond donors (Lipinski definition) is 0. The highest BCUT2D eigenvalue weighted by atomic mass is 16.5. The molecule has 1 aromatic carbocycles. The zero-order chi connectivity index (χ0) is 20.2. The summed E-state index contributed by atoms with van der Waals surface area (Å²) in [6.07, 6.45) is 5.98. The number of benzene rings is 1.